The molecule has 0 saturated carbocycles. The first-order valence-electron chi connectivity index (χ1n) is 5.67. The summed E-state index contributed by atoms with van der Waals surface area (Å²) in [6, 6.07) is 9.80. The second-order valence-corrected chi connectivity index (χ2v) is 4.17. The van der Waals surface area contributed by atoms with Gasteiger partial charge in [-0.05, 0) is 17.7 Å². The van der Waals surface area contributed by atoms with E-state index in [0.717, 1.165) is 16.5 Å². The Morgan fingerprint density at radius 2 is 2.06 bits per heavy atom. The highest BCUT2D eigenvalue weighted by atomic mass is 16.2. The van der Waals surface area contributed by atoms with Crippen LogP contribution >= 0.6 is 0 Å². The summed E-state index contributed by atoms with van der Waals surface area (Å²) in [6.45, 7) is 0.461. The van der Waals surface area contributed by atoms with Gasteiger partial charge < -0.3 is 0 Å². The number of nitrogens with zero attached hydrogens (tertiary/aromatic N) is 4. The minimum absolute atomic E-state index is 0.115. The number of aryl methyl sites for hydroxylation is 1. The number of rotatable bonds is 2. The largest absolute Gasteiger partial charge is 0.345 e. The number of fused-ring (bicyclic) bond motifs is 1. The van der Waals surface area contributed by atoms with Crippen LogP contribution < -0.4 is 5.69 Å². The van der Waals surface area contributed by atoms with Gasteiger partial charge in [0, 0.05) is 18.6 Å². The van der Waals surface area contributed by atoms with Crippen LogP contribution in [0.1, 0.15) is 5.56 Å². The van der Waals surface area contributed by atoms with Gasteiger partial charge in [0.1, 0.15) is 6.33 Å². The standard InChI is InChI=1S/C13H12N4O/c1-16-9-15-17(13(16)18)8-10-6-7-14-12-5-3-2-4-11(10)12/h2-7,9H,8H2,1H3. The van der Waals surface area contributed by atoms with Crippen LogP contribution in [0.4, 0.5) is 0 Å². The van der Waals surface area contributed by atoms with Crippen LogP contribution in [-0.4, -0.2) is 19.3 Å². The molecule has 3 aromatic rings. The molecule has 0 saturated heterocycles. The zero-order valence-corrected chi connectivity index (χ0v) is 9.95. The number of hydrogen-bond donors (Lipinski definition) is 0. The van der Waals surface area contributed by atoms with Crippen LogP contribution in [0.5, 0.6) is 0 Å². The smallest absolute Gasteiger partial charge is 0.285 e. The van der Waals surface area contributed by atoms with Gasteiger partial charge in [-0.2, -0.15) is 5.10 Å². The fourth-order valence-electron chi connectivity index (χ4n) is 1.98. The Morgan fingerprint density at radius 1 is 1.22 bits per heavy atom. The maximum absolute atomic E-state index is 11.8. The summed E-state index contributed by atoms with van der Waals surface area (Å²) in [5.41, 5.74) is 1.86. The fourth-order valence-corrected chi connectivity index (χ4v) is 1.98. The molecule has 0 unspecified atom stereocenters. The number of aromatic nitrogens is 4. The van der Waals surface area contributed by atoms with Crippen molar-refractivity contribution in [1.29, 1.82) is 0 Å². The van der Waals surface area contributed by atoms with E-state index in [0.29, 0.717) is 6.54 Å². The van der Waals surface area contributed by atoms with Crippen molar-refractivity contribution in [2.45, 2.75) is 6.54 Å². The van der Waals surface area contributed by atoms with Crippen molar-refractivity contribution in [3.8, 4) is 0 Å². The maximum Gasteiger partial charge on any atom is 0.345 e. The molecule has 0 atom stereocenters. The minimum atomic E-state index is -0.115. The molecule has 90 valence electrons. The fraction of sp³-hybridized carbons (Fsp3) is 0.154. The minimum Gasteiger partial charge on any atom is -0.285 e. The predicted molar refractivity (Wildman–Crippen MR) is 68.3 cm³/mol. The van der Waals surface area contributed by atoms with Crippen molar-refractivity contribution in [1.82, 2.24) is 19.3 Å². The van der Waals surface area contributed by atoms with Gasteiger partial charge in [-0.25, -0.2) is 9.48 Å². The first kappa shape index (κ1) is 10.7. The second-order valence-electron chi connectivity index (χ2n) is 4.17. The molecule has 0 amide bonds. The molecule has 0 aliphatic rings. The van der Waals surface area contributed by atoms with Crippen molar-refractivity contribution < 1.29 is 0 Å². The van der Waals surface area contributed by atoms with E-state index in [1.54, 1.807) is 13.2 Å². The molecule has 0 radical (unpaired) electrons. The van der Waals surface area contributed by atoms with Crippen molar-refractivity contribution in [2.75, 3.05) is 0 Å². The van der Waals surface area contributed by atoms with E-state index in [2.05, 4.69) is 10.1 Å². The average Bonchev–Trinajstić information content (AvgIpc) is 2.71. The SMILES string of the molecule is Cn1cnn(Cc2ccnc3ccccc23)c1=O. The summed E-state index contributed by atoms with van der Waals surface area (Å²) >= 11 is 0. The zero-order chi connectivity index (χ0) is 12.5. The van der Waals surface area contributed by atoms with Gasteiger partial charge in [0.15, 0.2) is 0 Å². The van der Waals surface area contributed by atoms with Gasteiger partial charge in [0.05, 0.1) is 12.1 Å². The van der Waals surface area contributed by atoms with Crippen LogP contribution in [0.25, 0.3) is 10.9 Å². The Morgan fingerprint density at radius 3 is 2.83 bits per heavy atom. The summed E-state index contributed by atoms with van der Waals surface area (Å²) in [4.78, 5) is 16.1. The topological polar surface area (TPSA) is 52.7 Å². The summed E-state index contributed by atoms with van der Waals surface area (Å²) in [7, 11) is 1.69. The molecule has 3 rings (SSSR count). The summed E-state index contributed by atoms with van der Waals surface area (Å²) in [5.74, 6) is 0. The van der Waals surface area contributed by atoms with Crippen LogP contribution in [0.15, 0.2) is 47.7 Å². The lowest BCUT2D eigenvalue weighted by atomic mass is 10.1. The van der Waals surface area contributed by atoms with E-state index < -0.39 is 0 Å². The highest BCUT2D eigenvalue weighted by Crippen LogP contribution is 2.16. The van der Waals surface area contributed by atoms with Crippen LogP contribution in [0.2, 0.25) is 0 Å². The second kappa shape index (κ2) is 4.10. The van der Waals surface area contributed by atoms with E-state index in [9.17, 15) is 4.79 Å². The van der Waals surface area contributed by atoms with Gasteiger partial charge in [0.25, 0.3) is 0 Å². The molecule has 0 N–H and O–H groups in total. The summed E-state index contributed by atoms with van der Waals surface area (Å²) < 4.78 is 2.91. The molecule has 1 aromatic carbocycles. The van der Waals surface area contributed by atoms with Crippen molar-refractivity contribution >= 4 is 10.9 Å². The molecule has 2 aromatic heterocycles. The lowest BCUT2D eigenvalue weighted by Gasteiger charge is -2.04. The van der Waals surface area contributed by atoms with Gasteiger partial charge >= 0.3 is 5.69 Å². The monoisotopic (exact) mass is 240 g/mol. The lowest BCUT2D eigenvalue weighted by molar-refractivity contribution is 0.649. The molecule has 5 heteroatoms. The number of para-hydroxylation sites is 1. The number of pyridine rings is 1. The Kier molecular flexibility index (Phi) is 2.44. The van der Waals surface area contributed by atoms with E-state index in [-0.39, 0.29) is 5.69 Å². The first-order chi connectivity index (χ1) is 8.75. The van der Waals surface area contributed by atoms with Gasteiger partial charge in [0.2, 0.25) is 0 Å². The molecule has 2 heterocycles. The molecule has 0 fully saturated rings. The van der Waals surface area contributed by atoms with Crippen molar-refractivity contribution in [2.24, 2.45) is 7.05 Å². The molecule has 18 heavy (non-hydrogen) atoms. The zero-order valence-electron chi connectivity index (χ0n) is 9.95. The van der Waals surface area contributed by atoms with Gasteiger partial charge in [-0.3, -0.25) is 9.55 Å². The van der Waals surface area contributed by atoms with Gasteiger partial charge in [-0.15, -0.1) is 0 Å². The summed E-state index contributed by atoms with van der Waals surface area (Å²) in [6.07, 6.45) is 3.28. The molecular formula is C13H12N4O. The number of benzene rings is 1. The Balaban J connectivity index is 2.10. The summed E-state index contributed by atoms with van der Waals surface area (Å²) in [5, 5.41) is 5.12. The van der Waals surface area contributed by atoms with Crippen molar-refractivity contribution in [3.63, 3.8) is 0 Å². The highest BCUT2D eigenvalue weighted by molar-refractivity contribution is 5.81. The molecule has 0 spiro atoms. The number of hydrogen-bond acceptors (Lipinski definition) is 3. The Labute approximate surface area is 103 Å². The molecular weight excluding hydrogens is 228 g/mol. The van der Waals surface area contributed by atoms with E-state index in [4.69, 9.17) is 0 Å². The molecule has 0 bridgehead atoms. The normalized spacial score (nSPS) is 10.9. The van der Waals surface area contributed by atoms with Crippen LogP contribution in [-0.2, 0) is 13.6 Å². The average molecular weight is 240 g/mol. The van der Waals surface area contributed by atoms with E-state index in [1.165, 1.54) is 15.6 Å². The van der Waals surface area contributed by atoms with Crippen LogP contribution in [0, 0.1) is 0 Å². The maximum atomic E-state index is 11.8. The van der Waals surface area contributed by atoms with E-state index in [1.807, 2.05) is 30.3 Å². The predicted octanol–water partition coefficient (Wildman–Crippen LogP) is 1.18. The lowest BCUT2D eigenvalue weighted by Crippen LogP contribution is -2.23. The third-order valence-electron chi connectivity index (χ3n) is 2.95. The first-order valence-corrected chi connectivity index (χ1v) is 5.67. The third-order valence-corrected chi connectivity index (χ3v) is 2.95. The van der Waals surface area contributed by atoms with Crippen molar-refractivity contribution in [3.05, 3.63) is 58.9 Å². The Hall–Kier alpha value is -2.43. The molecule has 5 nitrogen and oxygen atoms in total. The highest BCUT2D eigenvalue weighted by Gasteiger charge is 2.06. The van der Waals surface area contributed by atoms with Gasteiger partial charge in [-0.1, -0.05) is 18.2 Å². The quantitative estimate of drug-likeness (QED) is 0.676. The molecule has 0 aliphatic carbocycles. The molecule has 0 aliphatic heterocycles. The van der Waals surface area contributed by atoms with Crippen LogP contribution in [0.3, 0.4) is 0 Å². The van der Waals surface area contributed by atoms with E-state index >= 15 is 0 Å². The third kappa shape index (κ3) is 1.69. The Bertz CT molecular complexity index is 752.